The van der Waals surface area contributed by atoms with Crippen molar-refractivity contribution in [2.24, 2.45) is 0 Å². The Morgan fingerprint density at radius 3 is 2.74 bits per heavy atom. The lowest BCUT2D eigenvalue weighted by molar-refractivity contribution is -0.122. The summed E-state index contributed by atoms with van der Waals surface area (Å²) in [4.78, 5) is 15.6. The molecule has 0 radical (unpaired) electrons. The number of pyridine rings is 1. The molecule has 23 heavy (non-hydrogen) atoms. The molecule has 0 saturated heterocycles. The topological polar surface area (TPSA) is 97.4 Å². The first-order valence-corrected chi connectivity index (χ1v) is 8.44. The fourth-order valence-electron chi connectivity index (χ4n) is 2.12. The minimum absolute atomic E-state index is 0.0590. The maximum atomic E-state index is 12.4. The van der Waals surface area contributed by atoms with Crippen LogP contribution in [0, 0.1) is 0 Å². The smallest absolute Gasteiger partial charge is 0.265 e. The number of rotatable bonds is 4. The van der Waals surface area contributed by atoms with Crippen LogP contribution in [0.5, 0.6) is 5.75 Å². The normalized spacial score (nSPS) is 17.1. The van der Waals surface area contributed by atoms with Crippen LogP contribution in [0.3, 0.4) is 0 Å². The molecule has 2 aromatic rings. The minimum Gasteiger partial charge on any atom is -0.479 e. The SMILES string of the molecule is CC1Oc2ccc(S(=O)(=O)NCc3ccncc3)cc2NC1=O. The van der Waals surface area contributed by atoms with E-state index in [1.165, 1.54) is 18.2 Å². The molecule has 8 heteroatoms. The highest BCUT2D eigenvalue weighted by Gasteiger charge is 2.25. The van der Waals surface area contributed by atoms with Crippen LogP contribution in [0.1, 0.15) is 12.5 Å². The highest BCUT2D eigenvalue weighted by molar-refractivity contribution is 7.89. The highest BCUT2D eigenvalue weighted by Crippen LogP contribution is 2.31. The summed E-state index contributed by atoms with van der Waals surface area (Å²) in [6.07, 6.45) is 2.59. The van der Waals surface area contributed by atoms with E-state index in [-0.39, 0.29) is 17.3 Å². The van der Waals surface area contributed by atoms with Gasteiger partial charge in [-0.3, -0.25) is 9.78 Å². The van der Waals surface area contributed by atoms with E-state index in [0.717, 1.165) is 5.56 Å². The number of amides is 1. The van der Waals surface area contributed by atoms with Crippen LogP contribution in [-0.2, 0) is 21.4 Å². The van der Waals surface area contributed by atoms with E-state index in [9.17, 15) is 13.2 Å². The van der Waals surface area contributed by atoms with Crippen LogP contribution >= 0.6 is 0 Å². The number of hydrogen-bond acceptors (Lipinski definition) is 5. The number of sulfonamides is 1. The second kappa shape index (κ2) is 5.98. The Morgan fingerprint density at radius 1 is 1.26 bits per heavy atom. The molecule has 1 unspecified atom stereocenters. The lowest BCUT2D eigenvalue weighted by Crippen LogP contribution is -2.34. The number of aromatic nitrogens is 1. The average Bonchev–Trinajstić information content (AvgIpc) is 2.55. The van der Waals surface area contributed by atoms with Crippen LogP contribution in [0.2, 0.25) is 0 Å². The first-order chi connectivity index (χ1) is 11.0. The molecule has 0 spiro atoms. The van der Waals surface area contributed by atoms with Gasteiger partial charge in [-0.15, -0.1) is 0 Å². The van der Waals surface area contributed by atoms with Crippen LogP contribution < -0.4 is 14.8 Å². The molecule has 3 rings (SSSR count). The van der Waals surface area contributed by atoms with Gasteiger partial charge in [-0.05, 0) is 42.8 Å². The van der Waals surface area contributed by atoms with Crippen molar-refractivity contribution in [3.63, 3.8) is 0 Å². The Balaban J connectivity index is 1.81. The second-order valence-electron chi connectivity index (χ2n) is 5.09. The molecule has 0 fully saturated rings. The molecule has 0 saturated carbocycles. The van der Waals surface area contributed by atoms with Crippen molar-refractivity contribution >= 4 is 21.6 Å². The fourth-order valence-corrected chi connectivity index (χ4v) is 3.16. The van der Waals surface area contributed by atoms with E-state index in [1.54, 1.807) is 31.5 Å². The molecule has 7 nitrogen and oxygen atoms in total. The summed E-state index contributed by atoms with van der Waals surface area (Å²) in [5.74, 6) is 0.141. The summed E-state index contributed by atoms with van der Waals surface area (Å²) in [6.45, 7) is 1.78. The number of hydrogen-bond donors (Lipinski definition) is 2. The van der Waals surface area contributed by atoms with Crippen LogP contribution in [0.15, 0.2) is 47.6 Å². The molecular formula is C15H15N3O4S. The summed E-state index contributed by atoms with van der Waals surface area (Å²) in [5, 5.41) is 2.63. The van der Waals surface area contributed by atoms with Gasteiger partial charge in [-0.2, -0.15) is 0 Å². The van der Waals surface area contributed by atoms with Crippen LogP contribution in [0.4, 0.5) is 5.69 Å². The number of carbonyl (C=O) groups excluding carboxylic acids is 1. The summed E-state index contributed by atoms with van der Waals surface area (Å²) in [6, 6.07) is 7.81. The summed E-state index contributed by atoms with van der Waals surface area (Å²) in [7, 11) is -3.70. The van der Waals surface area contributed by atoms with E-state index in [1.807, 2.05) is 0 Å². The molecule has 120 valence electrons. The van der Waals surface area contributed by atoms with Gasteiger partial charge in [0.25, 0.3) is 5.91 Å². The van der Waals surface area contributed by atoms with E-state index < -0.39 is 16.1 Å². The predicted molar refractivity (Wildman–Crippen MR) is 83.4 cm³/mol. The molecular weight excluding hydrogens is 318 g/mol. The molecule has 0 aliphatic carbocycles. The first-order valence-electron chi connectivity index (χ1n) is 6.96. The largest absolute Gasteiger partial charge is 0.479 e. The molecule has 1 amide bonds. The molecule has 1 aromatic carbocycles. The average molecular weight is 333 g/mol. The maximum Gasteiger partial charge on any atom is 0.265 e. The predicted octanol–water partition coefficient (Wildman–Crippen LogP) is 1.28. The molecule has 1 atom stereocenters. The quantitative estimate of drug-likeness (QED) is 0.878. The zero-order chi connectivity index (χ0) is 16.4. The van der Waals surface area contributed by atoms with E-state index >= 15 is 0 Å². The van der Waals surface area contributed by atoms with Crippen LogP contribution in [-0.4, -0.2) is 25.4 Å². The van der Waals surface area contributed by atoms with Gasteiger partial charge in [-0.25, -0.2) is 13.1 Å². The Morgan fingerprint density at radius 2 is 2.00 bits per heavy atom. The van der Waals surface area contributed by atoms with Gasteiger partial charge >= 0.3 is 0 Å². The summed E-state index contributed by atoms with van der Waals surface area (Å²) in [5.41, 5.74) is 1.15. The minimum atomic E-state index is -3.70. The standard InChI is InChI=1S/C15H15N3O4S/c1-10-15(19)18-13-8-12(2-3-14(13)22-10)23(20,21)17-9-11-4-6-16-7-5-11/h2-8,10,17H,9H2,1H3,(H,18,19). The number of ether oxygens (including phenoxy) is 1. The Kier molecular flexibility index (Phi) is 4.01. The van der Waals surface area contributed by atoms with E-state index in [2.05, 4.69) is 15.0 Å². The van der Waals surface area contributed by atoms with Gasteiger partial charge in [0.15, 0.2) is 6.10 Å². The molecule has 1 aliphatic rings. The van der Waals surface area contributed by atoms with E-state index in [0.29, 0.717) is 11.4 Å². The van der Waals surface area contributed by atoms with Gasteiger partial charge in [0, 0.05) is 18.9 Å². The number of anilines is 1. The highest BCUT2D eigenvalue weighted by atomic mass is 32.2. The zero-order valence-electron chi connectivity index (χ0n) is 12.3. The number of benzene rings is 1. The zero-order valence-corrected chi connectivity index (χ0v) is 13.1. The number of nitrogens with zero attached hydrogens (tertiary/aromatic N) is 1. The lowest BCUT2D eigenvalue weighted by atomic mass is 10.2. The summed E-state index contributed by atoms with van der Waals surface area (Å²) < 4.78 is 32.6. The van der Waals surface area contributed by atoms with Crippen molar-refractivity contribution in [2.45, 2.75) is 24.5 Å². The van der Waals surface area contributed by atoms with Crippen molar-refractivity contribution in [3.05, 3.63) is 48.3 Å². The third kappa shape index (κ3) is 3.33. The first kappa shape index (κ1) is 15.4. The van der Waals surface area contributed by atoms with Gasteiger partial charge in [-0.1, -0.05) is 0 Å². The lowest BCUT2D eigenvalue weighted by Gasteiger charge is -2.23. The number of fused-ring (bicyclic) bond motifs is 1. The van der Waals surface area contributed by atoms with Crippen molar-refractivity contribution < 1.29 is 17.9 Å². The van der Waals surface area contributed by atoms with E-state index in [4.69, 9.17) is 4.74 Å². The molecule has 1 aromatic heterocycles. The molecule has 0 bridgehead atoms. The molecule has 2 heterocycles. The van der Waals surface area contributed by atoms with Crippen LogP contribution in [0.25, 0.3) is 0 Å². The number of carbonyl (C=O) groups is 1. The Hall–Kier alpha value is -2.45. The van der Waals surface area contributed by atoms with Gasteiger partial charge in [0.2, 0.25) is 10.0 Å². The molecule has 1 aliphatic heterocycles. The maximum absolute atomic E-state index is 12.4. The van der Waals surface area contributed by atoms with Gasteiger partial charge in [0.05, 0.1) is 10.6 Å². The van der Waals surface area contributed by atoms with Gasteiger partial charge < -0.3 is 10.1 Å². The number of nitrogens with one attached hydrogen (secondary N) is 2. The van der Waals surface area contributed by atoms with Crippen molar-refractivity contribution in [1.29, 1.82) is 0 Å². The van der Waals surface area contributed by atoms with Crippen molar-refractivity contribution in [2.75, 3.05) is 5.32 Å². The molecule has 2 N–H and O–H groups in total. The third-order valence-electron chi connectivity index (χ3n) is 3.41. The Bertz CT molecular complexity index is 837. The fraction of sp³-hybridized carbons (Fsp3) is 0.200. The second-order valence-corrected chi connectivity index (χ2v) is 6.85. The van der Waals surface area contributed by atoms with Crippen molar-refractivity contribution in [1.82, 2.24) is 9.71 Å². The Labute approximate surface area is 133 Å². The van der Waals surface area contributed by atoms with Gasteiger partial charge in [0.1, 0.15) is 5.75 Å². The van der Waals surface area contributed by atoms with Crippen molar-refractivity contribution in [3.8, 4) is 5.75 Å². The summed E-state index contributed by atoms with van der Waals surface area (Å²) >= 11 is 0. The third-order valence-corrected chi connectivity index (χ3v) is 4.81. The monoisotopic (exact) mass is 333 g/mol.